The van der Waals surface area contributed by atoms with Gasteiger partial charge in [-0.3, -0.25) is 0 Å². The second-order valence-corrected chi connectivity index (χ2v) is 10.5. The fourth-order valence-corrected chi connectivity index (χ4v) is 7.09. The van der Waals surface area contributed by atoms with Crippen LogP contribution in [-0.2, 0) is 23.0 Å². The largest absolute Gasteiger partial charge is 0.341 e. The molecule has 6 rings (SSSR count). The third-order valence-corrected chi connectivity index (χ3v) is 8.71. The SMILES string of the molecule is Cc1ccc2c(c1)c1c3n2CCN(S(=O)(=O)c2ccc4ccccc4c2)[C@H]3CCC1. The quantitative estimate of drug-likeness (QED) is 0.452. The highest BCUT2D eigenvalue weighted by atomic mass is 32.2. The lowest BCUT2D eigenvalue weighted by Gasteiger charge is -2.39. The molecule has 0 spiro atoms. The van der Waals surface area contributed by atoms with Crippen molar-refractivity contribution < 1.29 is 8.42 Å². The molecule has 2 heterocycles. The normalized spacial score (nSPS) is 19.3. The molecule has 4 nitrogen and oxygen atoms in total. The predicted octanol–water partition coefficient (Wildman–Crippen LogP) is 5.18. The van der Waals surface area contributed by atoms with Gasteiger partial charge in [0.05, 0.1) is 10.9 Å². The first kappa shape index (κ1) is 18.2. The molecule has 0 radical (unpaired) electrons. The van der Waals surface area contributed by atoms with Crippen LogP contribution in [-0.4, -0.2) is 23.8 Å². The van der Waals surface area contributed by atoms with Gasteiger partial charge in [-0.25, -0.2) is 8.42 Å². The van der Waals surface area contributed by atoms with E-state index in [1.807, 2.05) is 36.4 Å². The number of sulfonamides is 1. The van der Waals surface area contributed by atoms with Gasteiger partial charge in [0.2, 0.25) is 10.0 Å². The van der Waals surface area contributed by atoms with E-state index >= 15 is 0 Å². The molecular formula is C25H24N2O2S. The van der Waals surface area contributed by atoms with Gasteiger partial charge in [-0.1, -0.05) is 42.0 Å². The number of rotatable bonds is 2. The van der Waals surface area contributed by atoms with Crippen LogP contribution in [0.5, 0.6) is 0 Å². The van der Waals surface area contributed by atoms with E-state index in [9.17, 15) is 8.42 Å². The van der Waals surface area contributed by atoms with E-state index in [0.29, 0.717) is 18.0 Å². The number of hydrogen-bond donors (Lipinski definition) is 0. The van der Waals surface area contributed by atoms with Crippen molar-refractivity contribution in [3.8, 4) is 0 Å². The van der Waals surface area contributed by atoms with Crippen molar-refractivity contribution in [1.82, 2.24) is 8.87 Å². The van der Waals surface area contributed by atoms with Gasteiger partial charge >= 0.3 is 0 Å². The van der Waals surface area contributed by atoms with Crippen molar-refractivity contribution in [3.63, 3.8) is 0 Å². The smallest absolute Gasteiger partial charge is 0.243 e. The maximum absolute atomic E-state index is 13.7. The lowest BCUT2D eigenvalue weighted by molar-refractivity contribution is 0.243. The summed E-state index contributed by atoms with van der Waals surface area (Å²) in [5.41, 5.74) is 5.07. The molecule has 1 aliphatic carbocycles. The van der Waals surface area contributed by atoms with Gasteiger partial charge in [0, 0.05) is 29.7 Å². The van der Waals surface area contributed by atoms with Crippen LogP contribution >= 0.6 is 0 Å². The third-order valence-electron chi connectivity index (χ3n) is 6.81. The van der Waals surface area contributed by atoms with Gasteiger partial charge in [-0.05, 0) is 66.8 Å². The molecule has 0 amide bonds. The zero-order chi connectivity index (χ0) is 20.5. The first-order valence-corrected chi connectivity index (χ1v) is 12.1. The monoisotopic (exact) mass is 416 g/mol. The molecule has 1 atom stereocenters. The third kappa shape index (κ3) is 2.52. The predicted molar refractivity (Wildman–Crippen MR) is 120 cm³/mol. The summed E-state index contributed by atoms with van der Waals surface area (Å²) in [7, 11) is -3.57. The summed E-state index contributed by atoms with van der Waals surface area (Å²) in [6.45, 7) is 3.35. The van der Waals surface area contributed by atoms with Crippen molar-refractivity contribution in [3.05, 3.63) is 77.5 Å². The van der Waals surface area contributed by atoms with Crippen molar-refractivity contribution >= 4 is 31.7 Å². The van der Waals surface area contributed by atoms with Gasteiger partial charge < -0.3 is 4.57 Å². The topological polar surface area (TPSA) is 42.3 Å². The van der Waals surface area contributed by atoms with Crippen LogP contribution in [0.15, 0.2) is 65.6 Å². The van der Waals surface area contributed by atoms with E-state index in [1.54, 1.807) is 10.4 Å². The van der Waals surface area contributed by atoms with E-state index in [0.717, 1.165) is 30.0 Å². The maximum Gasteiger partial charge on any atom is 0.243 e. The summed E-state index contributed by atoms with van der Waals surface area (Å²) in [6, 6.07) is 20.0. The minimum Gasteiger partial charge on any atom is -0.341 e. The Morgan fingerprint density at radius 3 is 2.63 bits per heavy atom. The average Bonchev–Trinajstić information content (AvgIpc) is 3.08. The van der Waals surface area contributed by atoms with Crippen LogP contribution in [0.1, 0.15) is 35.7 Å². The molecular weight excluding hydrogens is 392 g/mol. The highest BCUT2D eigenvalue weighted by Crippen LogP contribution is 2.44. The Labute approximate surface area is 176 Å². The Balaban J connectivity index is 1.49. The lowest BCUT2D eigenvalue weighted by atomic mass is 9.90. The van der Waals surface area contributed by atoms with E-state index in [4.69, 9.17) is 0 Å². The van der Waals surface area contributed by atoms with Crippen molar-refractivity contribution in [1.29, 1.82) is 0 Å². The molecule has 1 aliphatic heterocycles. The van der Waals surface area contributed by atoms with Crippen LogP contribution in [0.25, 0.3) is 21.7 Å². The fourth-order valence-electron chi connectivity index (χ4n) is 5.44. The van der Waals surface area contributed by atoms with Gasteiger partial charge in [-0.2, -0.15) is 4.31 Å². The molecule has 0 saturated heterocycles. The molecule has 5 heteroatoms. The Kier molecular flexibility index (Phi) is 3.89. The first-order chi connectivity index (χ1) is 14.5. The van der Waals surface area contributed by atoms with Gasteiger partial charge in [0.1, 0.15) is 0 Å². The van der Waals surface area contributed by atoms with Crippen LogP contribution in [0.4, 0.5) is 0 Å². The molecule has 4 aromatic rings. The summed E-state index contributed by atoms with van der Waals surface area (Å²) in [4.78, 5) is 0.397. The molecule has 0 saturated carbocycles. The highest BCUT2D eigenvalue weighted by Gasteiger charge is 2.40. The zero-order valence-corrected chi connectivity index (χ0v) is 17.8. The van der Waals surface area contributed by atoms with Gasteiger partial charge in [0.15, 0.2) is 0 Å². The van der Waals surface area contributed by atoms with E-state index < -0.39 is 10.0 Å². The van der Waals surface area contributed by atoms with Crippen LogP contribution < -0.4 is 0 Å². The standard InChI is InChI=1S/C25H24N2O2S/c1-17-9-12-23-22(15-17)21-7-4-8-24-25(21)26(23)13-14-27(24)30(28,29)20-11-10-18-5-2-3-6-19(18)16-20/h2-3,5-6,9-12,15-16,24H,4,7-8,13-14H2,1H3/t24-/m0/s1. The molecule has 152 valence electrons. The molecule has 30 heavy (non-hydrogen) atoms. The van der Waals surface area contributed by atoms with Crippen molar-refractivity contribution in [2.24, 2.45) is 0 Å². The van der Waals surface area contributed by atoms with E-state index in [-0.39, 0.29) is 6.04 Å². The number of hydrogen-bond acceptors (Lipinski definition) is 2. The average molecular weight is 417 g/mol. The molecule has 3 aromatic carbocycles. The minimum absolute atomic E-state index is 0.0772. The summed E-state index contributed by atoms with van der Waals surface area (Å²) in [6.07, 6.45) is 2.94. The molecule has 0 fully saturated rings. The second kappa shape index (κ2) is 6.43. The van der Waals surface area contributed by atoms with Crippen molar-refractivity contribution in [2.45, 2.75) is 43.7 Å². The molecule has 0 unspecified atom stereocenters. The Hall–Kier alpha value is -2.63. The van der Waals surface area contributed by atoms with E-state index in [2.05, 4.69) is 29.7 Å². The summed E-state index contributed by atoms with van der Waals surface area (Å²) in [5, 5.41) is 3.33. The van der Waals surface area contributed by atoms with Crippen molar-refractivity contribution in [2.75, 3.05) is 6.54 Å². The Bertz CT molecular complexity index is 1420. The number of fused-ring (bicyclic) bond motifs is 4. The molecule has 2 aliphatic rings. The Morgan fingerprint density at radius 1 is 0.933 bits per heavy atom. The van der Waals surface area contributed by atoms with Crippen LogP contribution in [0, 0.1) is 6.92 Å². The second-order valence-electron chi connectivity index (χ2n) is 8.57. The minimum atomic E-state index is -3.57. The first-order valence-electron chi connectivity index (χ1n) is 10.7. The summed E-state index contributed by atoms with van der Waals surface area (Å²) in [5.74, 6) is 0. The van der Waals surface area contributed by atoms with E-state index in [1.165, 1.54) is 27.7 Å². The molecule has 0 N–H and O–H groups in total. The summed E-state index contributed by atoms with van der Waals surface area (Å²) < 4.78 is 31.6. The number of benzene rings is 3. The molecule has 1 aromatic heterocycles. The number of nitrogens with zero attached hydrogens (tertiary/aromatic N) is 2. The molecule has 0 bridgehead atoms. The highest BCUT2D eigenvalue weighted by molar-refractivity contribution is 7.89. The lowest BCUT2D eigenvalue weighted by Crippen LogP contribution is -2.43. The van der Waals surface area contributed by atoms with Gasteiger partial charge in [0.25, 0.3) is 0 Å². The maximum atomic E-state index is 13.7. The number of aryl methyl sites for hydroxylation is 2. The summed E-state index contributed by atoms with van der Waals surface area (Å²) >= 11 is 0. The fraction of sp³-hybridized carbons (Fsp3) is 0.280. The Morgan fingerprint density at radius 2 is 1.77 bits per heavy atom. The number of aromatic nitrogens is 1. The van der Waals surface area contributed by atoms with Crippen LogP contribution in [0.2, 0.25) is 0 Å². The zero-order valence-electron chi connectivity index (χ0n) is 17.0. The van der Waals surface area contributed by atoms with Gasteiger partial charge in [-0.15, -0.1) is 0 Å². The van der Waals surface area contributed by atoms with Crippen LogP contribution in [0.3, 0.4) is 0 Å².